The minimum Gasteiger partial charge on any atom is -0.396 e. The van der Waals surface area contributed by atoms with E-state index in [4.69, 9.17) is 10.2 Å². The van der Waals surface area contributed by atoms with Crippen molar-refractivity contribution >= 4 is 8.69 Å². The van der Waals surface area contributed by atoms with E-state index in [0.717, 1.165) is 0 Å². The Morgan fingerprint density at radius 1 is 1.56 bits per heavy atom. The molecule has 0 aliphatic carbocycles. The van der Waals surface area contributed by atoms with Crippen molar-refractivity contribution in [3.63, 3.8) is 0 Å². The molecule has 9 heavy (non-hydrogen) atoms. The quantitative estimate of drug-likeness (QED) is 0.542. The standard InChI is InChI=1S/C4H9O4P/c5-2-1-4(3-6)8-9-7/h4-6H,1-3H2. The van der Waals surface area contributed by atoms with Crippen molar-refractivity contribution in [3.8, 4) is 0 Å². The maximum atomic E-state index is 9.73. The number of aliphatic hydroxyl groups is 2. The van der Waals surface area contributed by atoms with Gasteiger partial charge in [0.15, 0.2) is 0 Å². The summed E-state index contributed by atoms with van der Waals surface area (Å²) in [7, 11) is -0.457. The SMILES string of the molecule is O=POC(CO)CCO. The molecular formula is C4H9O4P. The van der Waals surface area contributed by atoms with E-state index < -0.39 is 14.8 Å². The predicted molar refractivity (Wildman–Crippen MR) is 31.3 cm³/mol. The Balaban J connectivity index is 3.28. The van der Waals surface area contributed by atoms with Crippen molar-refractivity contribution in [2.24, 2.45) is 0 Å². The van der Waals surface area contributed by atoms with E-state index in [-0.39, 0.29) is 13.2 Å². The van der Waals surface area contributed by atoms with E-state index in [1.165, 1.54) is 0 Å². The van der Waals surface area contributed by atoms with Crippen LogP contribution < -0.4 is 0 Å². The Labute approximate surface area is 54.7 Å². The molecule has 5 heteroatoms. The average Bonchev–Trinajstić information content (AvgIpc) is 1.88. The van der Waals surface area contributed by atoms with Crippen molar-refractivity contribution in [3.05, 3.63) is 0 Å². The first-order valence-corrected chi connectivity index (χ1v) is 3.28. The van der Waals surface area contributed by atoms with Gasteiger partial charge in [-0.2, -0.15) is 0 Å². The van der Waals surface area contributed by atoms with E-state index in [9.17, 15) is 4.57 Å². The molecule has 0 aromatic carbocycles. The van der Waals surface area contributed by atoms with Crippen molar-refractivity contribution in [1.29, 1.82) is 0 Å². The maximum absolute atomic E-state index is 9.73. The average molecular weight is 152 g/mol. The largest absolute Gasteiger partial charge is 0.396 e. The molecule has 0 saturated carbocycles. The fraction of sp³-hybridized carbons (Fsp3) is 1.00. The molecule has 0 bridgehead atoms. The van der Waals surface area contributed by atoms with E-state index >= 15 is 0 Å². The summed E-state index contributed by atoms with van der Waals surface area (Å²) >= 11 is 0. The molecule has 0 aliphatic heterocycles. The summed E-state index contributed by atoms with van der Waals surface area (Å²) in [5, 5.41) is 16.7. The summed E-state index contributed by atoms with van der Waals surface area (Å²) in [5.74, 6) is 0. The molecule has 0 aromatic rings. The summed E-state index contributed by atoms with van der Waals surface area (Å²) < 4.78 is 14.2. The molecule has 1 atom stereocenters. The third-order valence-electron chi connectivity index (χ3n) is 0.847. The van der Waals surface area contributed by atoms with Crippen LogP contribution in [-0.4, -0.2) is 29.5 Å². The molecule has 0 amide bonds. The minimum atomic E-state index is -0.505. The highest BCUT2D eigenvalue weighted by Crippen LogP contribution is 2.04. The molecular weight excluding hydrogens is 143 g/mol. The van der Waals surface area contributed by atoms with Crippen LogP contribution in [-0.2, 0) is 9.09 Å². The van der Waals surface area contributed by atoms with Crippen LogP contribution in [0.2, 0.25) is 0 Å². The minimum absolute atomic E-state index is 0.0687. The van der Waals surface area contributed by atoms with Crippen LogP contribution in [0.15, 0.2) is 0 Å². The fourth-order valence-electron chi connectivity index (χ4n) is 0.382. The zero-order valence-corrected chi connectivity index (χ0v) is 5.75. The third-order valence-corrected chi connectivity index (χ3v) is 1.23. The van der Waals surface area contributed by atoms with Gasteiger partial charge in [-0.15, -0.1) is 0 Å². The van der Waals surface area contributed by atoms with Crippen LogP contribution in [0.1, 0.15) is 6.42 Å². The first-order chi connectivity index (χ1) is 4.35. The lowest BCUT2D eigenvalue weighted by molar-refractivity contribution is 0.101. The summed E-state index contributed by atoms with van der Waals surface area (Å²) in [5.41, 5.74) is 0. The second kappa shape index (κ2) is 6.11. The maximum Gasteiger partial charge on any atom is 0.327 e. The summed E-state index contributed by atoms with van der Waals surface area (Å²) in [6.45, 7) is -0.281. The Kier molecular flexibility index (Phi) is 6.09. The van der Waals surface area contributed by atoms with Crippen LogP contribution in [0.25, 0.3) is 0 Å². The summed E-state index contributed by atoms with van der Waals surface area (Å²) in [6, 6.07) is 0. The number of rotatable bonds is 5. The molecule has 1 unspecified atom stereocenters. The zero-order chi connectivity index (χ0) is 7.11. The lowest BCUT2D eigenvalue weighted by Crippen LogP contribution is -2.14. The van der Waals surface area contributed by atoms with E-state index in [1.54, 1.807) is 0 Å². The van der Waals surface area contributed by atoms with Gasteiger partial charge >= 0.3 is 8.69 Å². The third kappa shape index (κ3) is 4.48. The first-order valence-electron chi connectivity index (χ1n) is 2.55. The van der Waals surface area contributed by atoms with Gasteiger partial charge in [0.25, 0.3) is 0 Å². The normalized spacial score (nSPS) is 14.0. The van der Waals surface area contributed by atoms with Gasteiger partial charge in [0, 0.05) is 6.61 Å². The summed E-state index contributed by atoms with van der Waals surface area (Å²) in [6.07, 6.45) is -0.194. The Hall–Kier alpha value is -0.0200. The van der Waals surface area contributed by atoms with Crippen molar-refractivity contribution in [1.82, 2.24) is 0 Å². The highest BCUT2D eigenvalue weighted by atomic mass is 31.1. The van der Waals surface area contributed by atoms with Crippen molar-refractivity contribution in [2.45, 2.75) is 12.5 Å². The molecule has 4 nitrogen and oxygen atoms in total. The second-order valence-electron chi connectivity index (χ2n) is 1.50. The van der Waals surface area contributed by atoms with Gasteiger partial charge in [0.2, 0.25) is 0 Å². The monoisotopic (exact) mass is 152 g/mol. The lowest BCUT2D eigenvalue weighted by atomic mass is 10.3. The van der Waals surface area contributed by atoms with Gasteiger partial charge in [0.05, 0.1) is 12.7 Å². The smallest absolute Gasteiger partial charge is 0.327 e. The molecule has 0 spiro atoms. The molecule has 0 saturated heterocycles. The van der Waals surface area contributed by atoms with Crippen LogP contribution in [0.5, 0.6) is 0 Å². The molecule has 0 aromatic heterocycles. The van der Waals surface area contributed by atoms with Gasteiger partial charge in [-0.3, -0.25) is 4.52 Å². The number of hydrogen-bond donors (Lipinski definition) is 2. The van der Waals surface area contributed by atoms with Crippen LogP contribution in [0, 0.1) is 0 Å². The highest BCUT2D eigenvalue weighted by molar-refractivity contribution is 7.17. The van der Waals surface area contributed by atoms with E-state index in [0.29, 0.717) is 6.42 Å². The van der Waals surface area contributed by atoms with E-state index in [2.05, 4.69) is 4.52 Å². The summed E-state index contributed by atoms with van der Waals surface area (Å²) in [4.78, 5) is 0. The van der Waals surface area contributed by atoms with Crippen molar-refractivity contribution < 1.29 is 19.3 Å². The molecule has 54 valence electrons. The Bertz CT molecular complexity index is 77.0. The number of aliphatic hydroxyl groups excluding tert-OH is 2. The van der Waals surface area contributed by atoms with Gasteiger partial charge in [-0.1, -0.05) is 0 Å². The van der Waals surface area contributed by atoms with Crippen LogP contribution >= 0.6 is 8.69 Å². The predicted octanol–water partition coefficient (Wildman–Crippen LogP) is -0.0470. The van der Waals surface area contributed by atoms with Crippen molar-refractivity contribution in [2.75, 3.05) is 13.2 Å². The molecule has 2 N–H and O–H groups in total. The second-order valence-corrected chi connectivity index (χ2v) is 1.86. The van der Waals surface area contributed by atoms with Gasteiger partial charge in [-0.05, 0) is 6.42 Å². The topological polar surface area (TPSA) is 66.8 Å². The van der Waals surface area contributed by atoms with Gasteiger partial charge in [-0.25, -0.2) is 4.57 Å². The molecule has 0 rings (SSSR count). The zero-order valence-electron chi connectivity index (χ0n) is 4.86. The van der Waals surface area contributed by atoms with Gasteiger partial charge < -0.3 is 10.2 Å². The Morgan fingerprint density at radius 2 is 2.22 bits per heavy atom. The van der Waals surface area contributed by atoms with Crippen LogP contribution in [0.4, 0.5) is 0 Å². The highest BCUT2D eigenvalue weighted by Gasteiger charge is 2.05. The van der Waals surface area contributed by atoms with Crippen LogP contribution in [0.3, 0.4) is 0 Å². The molecule has 0 fully saturated rings. The number of hydrogen-bond acceptors (Lipinski definition) is 4. The molecule has 0 aliphatic rings. The fourth-order valence-corrected chi connectivity index (χ4v) is 0.676. The molecule has 0 radical (unpaired) electrons. The molecule has 0 heterocycles. The Morgan fingerprint density at radius 3 is 2.56 bits per heavy atom. The lowest BCUT2D eigenvalue weighted by Gasteiger charge is -2.05. The van der Waals surface area contributed by atoms with Gasteiger partial charge in [0.1, 0.15) is 0 Å². The van der Waals surface area contributed by atoms with E-state index in [1.807, 2.05) is 0 Å². The first kappa shape index (κ1) is 8.98.